The zero-order valence-corrected chi connectivity index (χ0v) is 13.8. The van der Waals surface area contributed by atoms with Crippen molar-refractivity contribution in [1.82, 2.24) is 0 Å². The summed E-state index contributed by atoms with van der Waals surface area (Å²) in [5.41, 5.74) is 1.43. The molecule has 1 amide bonds. The van der Waals surface area contributed by atoms with Crippen molar-refractivity contribution in [1.29, 1.82) is 0 Å². The highest BCUT2D eigenvalue weighted by Crippen LogP contribution is 2.24. The largest absolute Gasteiger partial charge is 0.366 e. The molecule has 0 heterocycles. The lowest BCUT2D eigenvalue weighted by atomic mass is 10.1. The van der Waals surface area contributed by atoms with Gasteiger partial charge >= 0.3 is 0 Å². The maximum Gasteiger partial charge on any atom is 0.250 e. The van der Waals surface area contributed by atoms with Crippen LogP contribution in [0.1, 0.15) is 31.9 Å². The molecule has 3 N–H and O–H groups in total. The number of anilines is 1. The van der Waals surface area contributed by atoms with E-state index < -0.39 is 15.6 Å². The molecule has 1 aromatic rings. The van der Waals surface area contributed by atoms with E-state index in [1.807, 2.05) is 20.8 Å². The van der Waals surface area contributed by atoms with Gasteiger partial charge in [0.15, 0.2) is 0 Å². The molecule has 0 aliphatic heterocycles. The van der Waals surface area contributed by atoms with Gasteiger partial charge in [0.1, 0.15) is 6.61 Å². The molecule has 0 fully saturated rings. The summed E-state index contributed by atoms with van der Waals surface area (Å²) in [6, 6.07) is 2.87. The Bertz CT molecular complexity index is 622. The maximum atomic E-state index is 11.9. The van der Waals surface area contributed by atoms with Crippen LogP contribution in [0.25, 0.3) is 0 Å². The van der Waals surface area contributed by atoms with Crippen LogP contribution in [0.3, 0.4) is 0 Å². The highest BCUT2D eigenvalue weighted by Gasteiger charge is 2.16. The molecule has 118 valence electrons. The van der Waals surface area contributed by atoms with Gasteiger partial charge in [-0.3, -0.25) is 4.79 Å². The number of carbonyl (C=O) groups is 1. The van der Waals surface area contributed by atoms with Gasteiger partial charge in [-0.1, -0.05) is 0 Å². The number of aryl methyl sites for hydroxylation is 2. The fourth-order valence-corrected chi connectivity index (χ4v) is 2.42. The van der Waals surface area contributed by atoms with Crippen LogP contribution in [-0.4, -0.2) is 26.5 Å². The summed E-state index contributed by atoms with van der Waals surface area (Å²) in [5, 5.41) is 7.84. The number of sulfonamides is 1. The van der Waals surface area contributed by atoms with E-state index in [0.717, 1.165) is 0 Å². The van der Waals surface area contributed by atoms with Crippen LogP contribution in [0.15, 0.2) is 17.0 Å². The van der Waals surface area contributed by atoms with E-state index in [4.69, 9.17) is 9.88 Å². The smallest absolute Gasteiger partial charge is 0.250 e. The quantitative estimate of drug-likeness (QED) is 0.883. The maximum absolute atomic E-state index is 11.9. The number of carbonyl (C=O) groups excluding carboxylic acids is 1. The van der Waals surface area contributed by atoms with E-state index in [1.165, 1.54) is 12.1 Å². The van der Waals surface area contributed by atoms with Gasteiger partial charge in [0.2, 0.25) is 15.9 Å². The first kappa shape index (κ1) is 17.6. The average Bonchev–Trinajstić information content (AvgIpc) is 2.29. The Hall–Kier alpha value is -1.44. The highest BCUT2D eigenvalue weighted by molar-refractivity contribution is 7.89. The van der Waals surface area contributed by atoms with Gasteiger partial charge in [-0.15, -0.1) is 0 Å². The van der Waals surface area contributed by atoms with E-state index in [2.05, 4.69) is 5.32 Å². The minimum atomic E-state index is -3.76. The fraction of sp³-hybridized carbons (Fsp3) is 0.500. The lowest BCUT2D eigenvalue weighted by molar-refractivity contribution is -0.125. The Morgan fingerprint density at radius 2 is 1.71 bits per heavy atom. The Morgan fingerprint density at radius 1 is 1.24 bits per heavy atom. The zero-order valence-electron chi connectivity index (χ0n) is 13.0. The molecule has 21 heavy (non-hydrogen) atoms. The van der Waals surface area contributed by atoms with Crippen molar-refractivity contribution in [3.05, 3.63) is 23.3 Å². The van der Waals surface area contributed by atoms with Gasteiger partial charge in [0, 0.05) is 5.69 Å². The lowest BCUT2D eigenvalue weighted by Gasteiger charge is -2.20. The monoisotopic (exact) mass is 314 g/mol. The molecule has 7 heteroatoms. The van der Waals surface area contributed by atoms with Crippen molar-refractivity contribution >= 4 is 21.6 Å². The van der Waals surface area contributed by atoms with Crippen molar-refractivity contribution in [2.45, 2.75) is 45.1 Å². The molecule has 0 spiro atoms. The molecule has 0 saturated heterocycles. The van der Waals surface area contributed by atoms with Crippen LogP contribution in [0.5, 0.6) is 0 Å². The Kier molecular flexibility index (Phi) is 5.14. The standard InChI is InChI=1S/C14H22N2O4S/c1-9-6-11(21(15,18)19)7-10(2)13(9)16-12(17)8-20-14(3,4)5/h6-7H,8H2,1-5H3,(H,16,17)(H2,15,18,19). The summed E-state index contributed by atoms with van der Waals surface area (Å²) in [7, 11) is -3.76. The van der Waals surface area contributed by atoms with Crippen LogP contribution in [-0.2, 0) is 19.6 Å². The first-order valence-corrected chi connectivity index (χ1v) is 8.02. The summed E-state index contributed by atoms with van der Waals surface area (Å²) in [5.74, 6) is -0.292. The van der Waals surface area contributed by atoms with Gasteiger partial charge in [-0.05, 0) is 57.9 Å². The second-order valence-electron chi connectivity index (χ2n) is 5.93. The third-order valence-corrected chi connectivity index (χ3v) is 3.63. The van der Waals surface area contributed by atoms with Crippen molar-refractivity contribution in [2.75, 3.05) is 11.9 Å². The predicted octanol–water partition coefficient (Wildman–Crippen LogP) is 1.70. The van der Waals surface area contributed by atoms with Gasteiger partial charge in [-0.25, -0.2) is 13.6 Å². The number of rotatable bonds is 4. The van der Waals surface area contributed by atoms with Crippen molar-refractivity contribution < 1.29 is 17.9 Å². The van der Waals surface area contributed by atoms with Crippen LogP contribution in [0, 0.1) is 13.8 Å². The van der Waals surface area contributed by atoms with E-state index >= 15 is 0 Å². The lowest BCUT2D eigenvalue weighted by Crippen LogP contribution is -2.27. The number of hydrogen-bond donors (Lipinski definition) is 2. The molecule has 1 rings (SSSR count). The molecule has 0 radical (unpaired) electrons. The summed E-state index contributed by atoms with van der Waals surface area (Å²) in [6.45, 7) is 8.93. The second-order valence-corrected chi connectivity index (χ2v) is 7.49. The number of hydrogen-bond acceptors (Lipinski definition) is 4. The predicted molar refractivity (Wildman–Crippen MR) is 81.6 cm³/mol. The van der Waals surface area contributed by atoms with Crippen molar-refractivity contribution in [3.63, 3.8) is 0 Å². The molecule has 1 aromatic carbocycles. The van der Waals surface area contributed by atoms with Crippen molar-refractivity contribution in [3.8, 4) is 0 Å². The summed E-state index contributed by atoms with van der Waals surface area (Å²) < 4.78 is 28.1. The fourth-order valence-electron chi connectivity index (χ4n) is 1.74. The third kappa shape index (κ3) is 5.45. The van der Waals surface area contributed by atoms with Gasteiger partial charge in [0.25, 0.3) is 0 Å². The van der Waals surface area contributed by atoms with Gasteiger partial charge in [0.05, 0.1) is 10.5 Å². The number of nitrogens with one attached hydrogen (secondary N) is 1. The normalized spacial score (nSPS) is 12.3. The zero-order chi connectivity index (χ0) is 16.4. The molecule has 0 atom stereocenters. The number of amides is 1. The van der Waals surface area contributed by atoms with E-state index in [-0.39, 0.29) is 17.4 Å². The Morgan fingerprint density at radius 3 is 2.10 bits per heavy atom. The first-order valence-electron chi connectivity index (χ1n) is 6.48. The van der Waals surface area contributed by atoms with Crippen LogP contribution >= 0.6 is 0 Å². The summed E-state index contributed by atoms with van der Waals surface area (Å²) >= 11 is 0. The number of nitrogens with two attached hydrogens (primary N) is 1. The number of benzene rings is 1. The Labute approximate surface area is 125 Å². The molecule has 0 saturated carbocycles. The van der Waals surface area contributed by atoms with Crippen LogP contribution in [0.4, 0.5) is 5.69 Å². The topological polar surface area (TPSA) is 98.5 Å². The molecular formula is C14H22N2O4S. The molecule has 0 aliphatic rings. The minimum absolute atomic E-state index is 0.0291. The van der Waals surface area contributed by atoms with E-state index in [0.29, 0.717) is 16.8 Å². The third-order valence-electron chi connectivity index (χ3n) is 2.74. The van der Waals surface area contributed by atoms with E-state index in [9.17, 15) is 13.2 Å². The average molecular weight is 314 g/mol. The summed E-state index contributed by atoms with van der Waals surface area (Å²) in [4.78, 5) is 11.9. The summed E-state index contributed by atoms with van der Waals surface area (Å²) in [6.07, 6.45) is 0. The van der Waals surface area contributed by atoms with Gasteiger partial charge in [-0.2, -0.15) is 0 Å². The van der Waals surface area contributed by atoms with E-state index in [1.54, 1.807) is 13.8 Å². The second kappa shape index (κ2) is 6.13. The Balaban J connectivity index is 2.93. The van der Waals surface area contributed by atoms with Crippen molar-refractivity contribution in [2.24, 2.45) is 5.14 Å². The minimum Gasteiger partial charge on any atom is -0.366 e. The molecule has 6 nitrogen and oxygen atoms in total. The first-order chi connectivity index (χ1) is 9.40. The number of ether oxygens (including phenoxy) is 1. The molecular weight excluding hydrogens is 292 g/mol. The molecule has 0 aromatic heterocycles. The molecule has 0 bridgehead atoms. The SMILES string of the molecule is Cc1cc(S(N)(=O)=O)cc(C)c1NC(=O)COC(C)(C)C. The van der Waals surface area contributed by atoms with Gasteiger partial charge < -0.3 is 10.1 Å². The van der Waals surface area contributed by atoms with Crippen LogP contribution in [0.2, 0.25) is 0 Å². The highest BCUT2D eigenvalue weighted by atomic mass is 32.2. The van der Waals surface area contributed by atoms with Crippen LogP contribution < -0.4 is 10.5 Å². The molecule has 0 unspecified atom stereocenters. The molecule has 0 aliphatic carbocycles. The number of primary sulfonamides is 1.